The summed E-state index contributed by atoms with van der Waals surface area (Å²) in [5.41, 5.74) is 0.486. The number of amides is 3. The number of rotatable bonds is 9. The zero-order valence-corrected chi connectivity index (χ0v) is 24.1. The van der Waals surface area contributed by atoms with Crippen molar-refractivity contribution in [2.24, 2.45) is 0 Å². The minimum atomic E-state index is -0.793. The number of carbonyl (C=O) groups excluding carboxylic acids is 4. The topological polar surface area (TPSA) is 111 Å². The second kappa shape index (κ2) is 12.6. The van der Waals surface area contributed by atoms with Crippen LogP contribution < -0.4 is 19.7 Å². The third-order valence-corrected chi connectivity index (χ3v) is 6.93. The molecule has 0 spiro atoms. The second-order valence-electron chi connectivity index (χ2n) is 9.91. The van der Waals surface area contributed by atoms with Crippen molar-refractivity contribution in [2.75, 3.05) is 16.8 Å². The number of para-hydroxylation sites is 2. The summed E-state index contributed by atoms with van der Waals surface area (Å²) < 4.78 is 16.8. The van der Waals surface area contributed by atoms with Gasteiger partial charge in [0.05, 0.1) is 34.5 Å². The Labute approximate surface area is 258 Å². The van der Waals surface area contributed by atoms with Crippen molar-refractivity contribution in [3.8, 4) is 23.0 Å². The van der Waals surface area contributed by atoms with Crippen molar-refractivity contribution in [3.05, 3.63) is 144 Å². The molecular formula is C36H26N2O7. The van der Waals surface area contributed by atoms with Crippen LogP contribution in [0.15, 0.2) is 121 Å². The first-order valence-electron chi connectivity index (χ1n) is 14.1. The summed E-state index contributed by atoms with van der Waals surface area (Å²) in [6.07, 6.45) is 0. The van der Waals surface area contributed by atoms with Crippen LogP contribution in [0.4, 0.5) is 11.4 Å². The van der Waals surface area contributed by atoms with Gasteiger partial charge >= 0.3 is 5.97 Å². The first-order valence-corrected chi connectivity index (χ1v) is 14.1. The molecule has 1 N–H and O–H groups in total. The van der Waals surface area contributed by atoms with Crippen molar-refractivity contribution in [1.29, 1.82) is 0 Å². The minimum absolute atomic E-state index is 0.00517. The molecule has 0 aromatic heterocycles. The Bertz CT molecular complexity index is 1890. The van der Waals surface area contributed by atoms with Crippen molar-refractivity contribution in [2.45, 2.75) is 6.92 Å². The van der Waals surface area contributed by atoms with E-state index in [9.17, 15) is 19.2 Å². The number of nitrogens with one attached hydrogen (secondary N) is 1. The maximum atomic E-state index is 13.5. The maximum absolute atomic E-state index is 13.5. The van der Waals surface area contributed by atoms with Crippen LogP contribution in [0.5, 0.6) is 23.0 Å². The standard InChI is InChI=1S/C36H26N2O7/c1-2-43-36(42)32-22-31-30(21-29(32)33(39)37-23-13-17-27(18-14-23)44-25-9-5-3-6-10-25)34(40)38(35(31)41)24-15-19-28(20-16-24)45-26-11-7-4-8-12-26/h3-22H,2H2,1H3,(H,37,39). The first-order chi connectivity index (χ1) is 21.9. The van der Waals surface area contributed by atoms with E-state index in [1.807, 2.05) is 60.7 Å². The molecule has 0 fully saturated rings. The van der Waals surface area contributed by atoms with Gasteiger partial charge in [0.15, 0.2) is 0 Å². The highest BCUT2D eigenvalue weighted by molar-refractivity contribution is 6.35. The number of benzene rings is 5. The molecule has 0 radical (unpaired) electrons. The summed E-state index contributed by atoms with van der Waals surface area (Å²) in [6, 6.07) is 34.1. The fourth-order valence-electron chi connectivity index (χ4n) is 4.80. The van der Waals surface area contributed by atoms with Gasteiger partial charge in [-0.2, -0.15) is 0 Å². The average Bonchev–Trinajstić information content (AvgIpc) is 3.31. The molecule has 3 amide bonds. The quantitative estimate of drug-likeness (QED) is 0.138. The van der Waals surface area contributed by atoms with Gasteiger partial charge in [0.25, 0.3) is 17.7 Å². The summed E-state index contributed by atoms with van der Waals surface area (Å²) in [6.45, 7) is 1.68. The fraction of sp³-hybridized carbons (Fsp3) is 0.0556. The van der Waals surface area contributed by atoms with Gasteiger partial charge in [-0.25, -0.2) is 9.69 Å². The van der Waals surface area contributed by atoms with Gasteiger partial charge in [-0.05, 0) is 91.9 Å². The lowest BCUT2D eigenvalue weighted by molar-refractivity contribution is 0.0523. The van der Waals surface area contributed by atoms with Crippen LogP contribution in [0.3, 0.4) is 0 Å². The van der Waals surface area contributed by atoms with E-state index < -0.39 is 23.7 Å². The second-order valence-corrected chi connectivity index (χ2v) is 9.91. The molecule has 45 heavy (non-hydrogen) atoms. The van der Waals surface area contributed by atoms with E-state index in [1.165, 1.54) is 12.1 Å². The number of hydrogen-bond donors (Lipinski definition) is 1. The highest BCUT2D eigenvalue weighted by atomic mass is 16.5. The van der Waals surface area contributed by atoms with Crippen LogP contribution in [0.2, 0.25) is 0 Å². The number of hydrogen-bond acceptors (Lipinski definition) is 7. The van der Waals surface area contributed by atoms with Gasteiger partial charge in [0, 0.05) is 5.69 Å². The molecule has 0 bridgehead atoms. The maximum Gasteiger partial charge on any atom is 0.338 e. The molecule has 1 heterocycles. The number of imide groups is 1. The Morgan fingerprint density at radius 1 is 0.622 bits per heavy atom. The highest BCUT2D eigenvalue weighted by Crippen LogP contribution is 2.33. The molecule has 222 valence electrons. The van der Waals surface area contributed by atoms with Gasteiger partial charge in [-0.3, -0.25) is 14.4 Å². The lowest BCUT2D eigenvalue weighted by atomic mass is 9.98. The van der Waals surface area contributed by atoms with Crippen LogP contribution >= 0.6 is 0 Å². The molecule has 1 aliphatic rings. The number of nitrogens with zero attached hydrogens (tertiary/aromatic N) is 1. The van der Waals surface area contributed by atoms with Crippen molar-refractivity contribution in [3.63, 3.8) is 0 Å². The van der Waals surface area contributed by atoms with Crippen molar-refractivity contribution < 1.29 is 33.4 Å². The summed E-state index contributed by atoms with van der Waals surface area (Å²) in [7, 11) is 0. The minimum Gasteiger partial charge on any atom is -0.462 e. The predicted octanol–water partition coefficient (Wildman–Crippen LogP) is 7.50. The van der Waals surface area contributed by atoms with Gasteiger partial charge in [-0.15, -0.1) is 0 Å². The van der Waals surface area contributed by atoms with Crippen LogP contribution in [0.25, 0.3) is 0 Å². The molecule has 9 heteroatoms. The van der Waals surface area contributed by atoms with E-state index in [0.29, 0.717) is 34.4 Å². The lowest BCUT2D eigenvalue weighted by Crippen LogP contribution is -2.29. The van der Waals surface area contributed by atoms with E-state index in [-0.39, 0.29) is 28.9 Å². The van der Waals surface area contributed by atoms with Gasteiger partial charge in [-0.1, -0.05) is 36.4 Å². The molecule has 0 atom stereocenters. The van der Waals surface area contributed by atoms with Gasteiger partial charge in [0.1, 0.15) is 23.0 Å². The molecule has 0 saturated heterocycles. The lowest BCUT2D eigenvalue weighted by Gasteiger charge is -2.14. The predicted molar refractivity (Wildman–Crippen MR) is 167 cm³/mol. The SMILES string of the molecule is CCOC(=O)c1cc2c(cc1C(=O)Nc1ccc(Oc3ccccc3)cc1)C(=O)N(c1ccc(Oc3ccccc3)cc1)C2=O. The Hall–Kier alpha value is -6.22. The monoisotopic (exact) mass is 598 g/mol. The van der Waals surface area contributed by atoms with Crippen LogP contribution in [-0.4, -0.2) is 30.3 Å². The number of esters is 1. The highest BCUT2D eigenvalue weighted by Gasteiger charge is 2.39. The number of carbonyl (C=O) groups is 4. The van der Waals surface area contributed by atoms with Crippen LogP contribution in [0, 0.1) is 0 Å². The van der Waals surface area contributed by atoms with Crippen molar-refractivity contribution in [1.82, 2.24) is 0 Å². The van der Waals surface area contributed by atoms with E-state index >= 15 is 0 Å². The smallest absolute Gasteiger partial charge is 0.338 e. The molecule has 0 saturated carbocycles. The Morgan fingerprint density at radius 3 is 1.60 bits per heavy atom. The normalized spacial score (nSPS) is 12.0. The average molecular weight is 599 g/mol. The Balaban J connectivity index is 1.25. The Kier molecular flexibility index (Phi) is 8.06. The van der Waals surface area contributed by atoms with Crippen LogP contribution in [-0.2, 0) is 4.74 Å². The van der Waals surface area contributed by atoms with Gasteiger partial charge in [0.2, 0.25) is 0 Å². The third-order valence-electron chi connectivity index (χ3n) is 6.93. The molecule has 5 aromatic rings. The summed E-state index contributed by atoms with van der Waals surface area (Å²) in [5, 5.41) is 2.75. The molecule has 6 rings (SSSR count). The molecule has 0 aliphatic carbocycles. The summed E-state index contributed by atoms with van der Waals surface area (Å²) in [5.74, 6) is -0.317. The van der Waals surface area contributed by atoms with E-state index in [2.05, 4.69) is 5.32 Å². The third kappa shape index (κ3) is 6.14. The first kappa shape index (κ1) is 28.9. The summed E-state index contributed by atoms with van der Waals surface area (Å²) >= 11 is 0. The molecule has 1 aliphatic heterocycles. The van der Waals surface area contributed by atoms with E-state index in [0.717, 1.165) is 4.90 Å². The fourth-order valence-corrected chi connectivity index (χ4v) is 4.80. The number of fused-ring (bicyclic) bond motifs is 1. The molecule has 0 unspecified atom stereocenters. The zero-order chi connectivity index (χ0) is 31.3. The van der Waals surface area contributed by atoms with Crippen LogP contribution in [0.1, 0.15) is 48.4 Å². The van der Waals surface area contributed by atoms with E-state index in [1.54, 1.807) is 55.5 Å². The number of anilines is 2. The van der Waals surface area contributed by atoms with E-state index in [4.69, 9.17) is 14.2 Å². The molecular weight excluding hydrogens is 572 g/mol. The summed E-state index contributed by atoms with van der Waals surface area (Å²) in [4.78, 5) is 54.4. The largest absolute Gasteiger partial charge is 0.462 e. The zero-order valence-electron chi connectivity index (χ0n) is 24.1. The molecule has 5 aromatic carbocycles. The van der Waals surface area contributed by atoms with Crippen molar-refractivity contribution >= 4 is 35.1 Å². The van der Waals surface area contributed by atoms with Gasteiger partial charge < -0.3 is 19.5 Å². The molecule has 9 nitrogen and oxygen atoms in total. The Morgan fingerprint density at radius 2 is 1.09 bits per heavy atom. The number of ether oxygens (including phenoxy) is 3.